The maximum atomic E-state index is 12.2. The maximum absolute atomic E-state index is 12.2. The molecule has 0 aliphatic heterocycles. The number of amides is 1. The summed E-state index contributed by atoms with van der Waals surface area (Å²) < 4.78 is 30.5. The molecule has 0 saturated heterocycles. The molecule has 8 heteroatoms. The quantitative estimate of drug-likeness (QED) is 0.707. The summed E-state index contributed by atoms with van der Waals surface area (Å²) in [5, 5.41) is 2.67. The van der Waals surface area contributed by atoms with Gasteiger partial charge in [-0.2, -0.15) is 8.78 Å². The third kappa shape index (κ3) is 4.24. The molecule has 25 heavy (non-hydrogen) atoms. The Labute approximate surface area is 147 Å². The number of ether oxygens (including phenoxy) is 1. The first-order valence-corrected chi connectivity index (χ1v) is 7.85. The zero-order chi connectivity index (χ0) is 17.8. The monoisotopic (exact) mass is 365 g/mol. The number of hydrogen-bond donors (Lipinski definition) is 1. The van der Waals surface area contributed by atoms with Crippen molar-refractivity contribution < 1.29 is 18.3 Å². The van der Waals surface area contributed by atoms with E-state index in [9.17, 15) is 13.6 Å². The maximum Gasteiger partial charge on any atom is 0.387 e. The van der Waals surface area contributed by atoms with E-state index in [0.717, 1.165) is 11.0 Å². The number of halogens is 3. The molecular weight excluding hydrogens is 352 g/mol. The molecule has 0 spiro atoms. The van der Waals surface area contributed by atoms with Crippen LogP contribution >= 0.6 is 11.6 Å². The van der Waals surface area contributed by atoms with Crippen LogP contribution in [0.15, 0.2) is 48.8 Å². The fourth-order valence-corrected chi connectivity index (χ4v) is 2.63. The van der Waals surface area contributed by atoms with Crippen molar-refractivity contribution in [3.05, 3.63) is 53.8 Å². The molecule has 0 atom stereocenters. The Kier molecular flexibility index (Phi) is 5.14. The van der Waals surface area contributed by atoms with Crippen molar-refractivity contribution in [2.75, 3.05) is 5.32 Å². The number of rotatable bonds is 6. The molecule has 1 heterocycles. The van der Waals surface area contributed by atoms with Gasteiger partial charge in [0.2, 0.25) is 5.91 Å². The molecule has 1 N–H and O–H groups in total. The highest BCUT2D eigenvalue weighted by atomic mass is 35.5. The van der Waals surface area contributed by atoms with E-state index in [2.05, 4.69) is 15.0 Å². The number of nitrogens with zero attached hydrogens (tertiary/aromatic N) is 2. The molecule has 5 nitrogen and oxygen atoms in total. The predicted octanol–water partition coefficient (Wildman–Crippen LogP) is 4.32. The van der Waals surface area contributed by atoms with Crippen LogP contribution in [0.3, 0.4) is 0 Å². The summed E-state index contributed by atoms with van der Waals surface area (Å²) in [6.07, 6.45) is 1.92. The number of anilines is 1. The van der Waals surface area contributed by atoms with Crippen LogP contribution in [-0.4, -0.2) is 22.1 Å². The van der Waals surface area contributed by atoms with Crippen molar-refractivity contribution in [2.24, 2.45) is 0 Å². The van der Waals surface area contributed by atoms with Crippen molar-refractivity contribution in [1.29, 1.82) is 0 Å². The minimum absolute atomic E-state index is 0.00120. The van der Waals surface area contributed by atoms with Gasteiger partial charge in [0.05, 0.1) is 22.4 Å². The zero-order valence-electron chi connectivity index (χ0n) is 13.0. The van der Waals surface area contributed by atoms with E-state index in [1.807, 2.05) is 28.8 Å². The number of aromatic nitrogens is 2. The molecule has 0 aliphatic carbocycles. The molecule has 3 aromatic rings. The molecule has 0 unspecified atom stereocenters. The van der Waals surface area contributed by atoms with Gasteiger partial charge >= 0.3 is 6.61 Å². The molecule has 0 aliphatic rings. The van der Waals surface area contributed by atoms with E-state index < -0.39 is 6.61 Å². The standard InChI is InChI=1S/C17H14ClF2N3O2/c18-12-9-11(5-6-15(12)25-17(19)20)22-16(24)7-8-23-10-21-13-3-1-2-4-14(13)23/h1-6,9-10,17H,7-8H2,(H,22,24). The summed E-state index contributed by atoms with van der Waals surface area (Å²) in [5.41, 5.74) is 2.23. The zero-order valence-corrected chi connectivity index (χ0v) is 13.7. The minimum atomic E-state index is -2.96. The van der Waals surface area contributed by atoms with Crippen LogP contribution in [0.5, 0.6) is 5.75 Å². The first-order valence-electron chi connectivity index (χ1n) is 7.47. The summed E-state index contributed by atoms with van der Waals surface area (Å²) in [6.45, 7) is -2.49. The molecule has 3 rings (SSSR count). The topological polar surface area (TPSA) is 56.2 Å². The number of imidazole rings is 1. The number of alkyl halides is 2. The fourth-order valence-electron chi connectivity index (χ4n) is 2.40. The Balaban J connectivity index is 1.60. The van der Waals surface area contributed by atoms with Crippen molar-refractivity contribution in [2.45, 2.75) is 19.6 Å². The summed E-state index contributed by atoms with van der Waals surface area (Å²) in [7, 11) is 0. The van der Waals surface area contributed by atoms with Crippen LogP contribution in [0.25, 0.3) is 11.0 Å². The normalized spacial score (nSPS) is 11.0. The van der Waals surface area contributed by atoms with Crippen LogP contribution < -0.4 is 10.1 Å². The number of nitrogens with one attached hydrogen (secondary N) is 1. The Bertz CT molecular complexity index is 898. The van der Waals surface area contributed by atoms with E-state index in [4.69, 9.17) is 11.6 Å². The number of para-hydroxylation sites is 2. The van der Waals surface area contributed by atoms with Crippen LogP contribution in [-0.2, 0) is 11.3 Å². The van der Waals surface area contributed by atoms with Crippen LogP contribution in [0.1, 0.15) is 6.42 Å². The highest BCUT2D eigenvalue weighted by molar-refractivity contribution is 6.32. The summed E-state index contributed by atoms with van der Waals surface area (Å²) in [4.78, 5) is 16.3. The molecule has 2 aromatic carbocycles. The number of aryl methyl sites for hydroxylation is 1. The van der Waals surface area contributed by atoms with Gasteiger partial charge in [-0.15, -0.1) is 0 Å². The second-order valence-corrected chi connectivity index (χ2v) is 5.66. The third-order valence-corrected chi connectivity index (χ3v) is 3.83. The number of carbonyl (C=O) groups is 1. The molecule has 0 saturated carbocycles. The Morgan fingerprint density at radius 3 is 2.84 bits per heavy atom. The van der Waals surface area contributed by atoms with Crippen molar-refractivity contribution in [3.8, 4) is 5.75 Å². The molecule has 1 amide bonds. The van der Waals surface area contributed by atoms with Crippen molar-refractivity contribution >= 4 is 34.2 Å². The van der Waals surface area contributed by atoms with Crippen LogP contribution in [0.2, 0.25) is 5.02 Å². The lowest BCUT2D eigenvalue weighted by molar-refractivity contribution is -0.116. The van der Waals surface area contributed by atoms with Gasteiger partial charge in [-0.05, 0) is 30.3 Å². The fraction of sp³-hybridized carbons (Fsp3) is 0.176. The largest absolute Gasteiger partial charge is 0.433 e. The second-order valence-electron chi connectivity index (χ2n) is 5.25. The average molecular weight is 366 g/mol. The van der Waals surface area contributed by atoms with Gasteiger partial charge in [-0.3, -0.25) is 4.79 Å². The number of benzene rings is 2. The van der Waals surface area contributed by atoms with Gasteiger partial charge in [0.15, 0.2) is 0 Å². The number of hydrogen-bond acceptors (Lipinski definition) is 3. The molecule has 0 fully saturated rings. The first kappa shape index (κ1) is 17.2. The SMILES string of the molecule is O=C(CCn1cnc2ccccc21)Nc1ccc(OC(F)F)c(Cl)c1. The Morgan fingerprint density at radius 1 is 1.28 bits per heavy atom. The van der Waals surface area contributed by atoms with E-state index in [-0.39, 0.29) is 23.1 Å². The van der Waals surface area contributed by atoms with Crippen LogP contribution in [0, 0.1) is 0 Å². The summed E-state index contributed by atoms with van der Waals surface area (Å²) >= 11 is 5.86. The third-order valence-electron chi connectivity index (χ3n) is 3.54. The van der Waals surface area contributed by atoms with Crippen molar-refractivity contribution in [1.82, 2.24) is 9.55 Å². The van der Waals surface area contributed by atoms with Gasteiger partial charge in [-0.25, -0.2) is 4.98 Å². The molecule has 0 radical (unpaired) electrons. The van der Waals surface area contributed by atoms with E-state index in [1.54, 1.807) is 6.33 Å². The van der Waals surface area contributed by atoms with E-state index in [0.29, 0.717) is 12.2 Å². The number of carbonyl (C=O) groups excluding carboxylic acids is 1. The van der Waals surface area contributed by atoms with Gasteiger partial charge in [-0.1, -0.05) is 23.7 Å². The molecular formula is C17H14ClF2N3O2. The lowest BCUT2D eigenvalue weighted by Gasteiger charge is -2.10. The highest BCUT2D eigenvalue weighted by Crippen LogP contribution is 2.29. The average Bonchev–Trinajstić information content (AvgIpc) is 2.98. The predicted molar refractivity (Wildman–Crippen MR) is 91.1 cm³/mol. The minimum Gasteiger partial charge on any atom is -0.433 e. The highest BCUT2D eigenvalue weighted by Gasteiger charge is 2.11. The van der Waals surface area contributed by atoms with Gasteiger partial charge in [0, 0.05) is 18.7 Å². The van der Waals surface area contributed by atoms with Crippen LogP contribution in [0.4, 0.5) is 14.5 Å². The lowest BCUT2D eigenvalue weighted by atomic mass is 10.2. The summed E-state index contributed by atoms with van der Waals surface area (Å²) in [6, 6.07) is 11.7. The molecule has 0 bridgehead atoms. The second kappa shape index (κ2) is 7.48. The Morgan fingerprint density at radius 2 is 2.08 bits per heavy atom. The molecule has 1 aromatic heterocycles. The smallest absolute Gasteiger partial charge is 0.387 e. The first-order chi connectivity index (χ1) is 12.0. The Hall–Kier alpha value is -2.67. The van der Waals surface area contributed by atoms with Gasteiger partial charge in [0.25, 0.3) is 0 Å². The van der Waals surface area contributed by atoms with Gasteiger partial charge < -0.3 is 14.6 Å². The summed E-state index contributed by atoms with van der Waals surface area (Å²) in [5.74, 6) is -0.365. The number of fused-ring (bicyclic) bond motifs is 1. The molecule has 130 valence electrons. The van der Waals surface area contributed by atoms with Crippen molar-refractivity contribution in [3.63, 3.8) is 0 Å². The lowest BCUT2D eigenvalue weighted by Crippen LogP contribution is -2.14. The van der Waals surface area contributed by atoms with E-state index in [1.165, 1.54) is 18.2 Å². The van der Waals surface area contributed by atoms with Gasteiger partial charge in [0.1, 0.15) is 5.75 Å². The van der Waals surface area contributed by atoms with E-state index >= 15 is 0 Å².